The number of benzene rings is 2. The monoisotopic (exact) mass is 324 g/mol. The Balaban J connectivity index is 2.09. The lowest BCUT2D eigenvalue weighted by molar-refractivity contribution is 0.0941. The Kier molecular flexibility index (Phi) is 6.16. The molecule has 128 valence electrons. The van der Waals surface area contributed by atoms with Gasteiger partial charge in [0, 0.05) is 12.1 Å². The van der Waals surface area contributed by atoms with Crippen LogP contribution in [0.3, 0.4) is 0 Å². The van der Waals surface area contributed by atoms with Crippen LogP contribution >= 0.6 is 0 Å². The van der Waals surface area contributed by atoms with E-state index in [4.69, 9.17) is 0 Å². The van der Waals surface area contributed by atoms with E-state index in [0.29, 0.717) is 6.54 Å². The van der Waals surface area contributed by atoms with Gasteiger partial charge in [0.2, 0.25) is 0 Å². The first-order chi connectivity index (χ1) is 11.4. The third kappa shape index (κ3) is 4.45. The van der Waals surface area contributed by atoms with Crippen molar-refractivity contribution >= 4 is 5.91 Å². The van der Waals surface area contributed by atoms with Crippen LogP contribution in [0, 0.1) is 13.8 Å². The second-order valence-electron chi connectivity index (χ2n) is 6.60. The predicted octanol–water partition coefficient (Wildman–Crippen LogP) is 3.90. The number of amides is 1. The van der Waals surface area contributed by atoms with Crippen molar-refractivity contribution in [2.75, 3.05) is 20.6 Å². The van der Waals surface area contributed by atoms with Crippen molar-refractivity contribution in [3.63, 3.8) is 0 Å². The minimum atomic E-state index is -0.00970. The maximum absolute atomic E-state index is 12.5. The zero-order valence-electron chi connectivity index (χ0n) is 15.4. The van der Waals surface area contributed by atoms with Crippen molar-refractivity contribution in [1.29, 1.82) is 0 Å². The van der Waals surface area contributed by atoms with Gasteiger partial charge < -0.3 is 10.2 Å². The summed E-state index contributed by atoms with van der Waals surface area (Å²) < 4.78 is 0. The van der Waals surface area contributed by atoms with Gasteiger partial charge in [0.1, 0.15) is 0 Å². The van der Waals surface area contributed by atoms with Gasteiger partial charge in [0.15, 0.2) is 0 Å². The number of carbonyl (C=O) groups is 1. The minimum absolute atomic E-state index is 0.00970. The lowest BCUT2D eigenvalue weighted by atomic mass is 10.0. The highest BCUT2D eigenvalue weighted by Crippen LogP contribution is 2.19. The molecule has 0 heterocycles. The highest BCUT2D eigenvalue weighted by atomic mass is 16.1. The Morgan fingerprint density at radius 1 is 1.08 bits per heavy atom. The summed E-state index contributed by atoms with van der Waals surface area (Å²) in [5, 5.41) is 3.09. The van der Waals surface area contributed by atoms with Gasteiger partial charge in [0.25, 0.3) is 5.91 Å². The smallest absolute Gasteiger partial charge is 0.251 e. The molecule has 0 aliphatic rings. The zero-order valence-corrected chi connectivity index (χ0v) is 15.4. The standard InChI is InChI=1S/C21H28N2O/c1-6-17-8-10-18(11-9-17)20(23(4)5)14-22-21(24)19-12-7-15(2)13-16(19)3/h7-13,20H,6,14H2,1-5H3,(H,22,24). The molecule has 3 nitrogen and oxygen atoms in total. The van der Waals surface area contributed by atoms with Crippen LogP contribution in [0.25, 0.3) is 0 Å². The Labute approximate surface area is 145 Å². The van der Waals surface area contributed by atoms with Crippen molar-refractivity contribution in [2.45, 2.75) is 33.2 Å². The van der Waals surface area contributed by atoms with Crippen LogP contribution < -0.4 is 5.32 Å². The fraction of sp³-hybridized carbons (Fsp3) is 0.381. The fourth-order valence-corrected chi connectivity index (χ4v) is 2.93. The van der Waals surface area contributed by atoms with Crippen LogP contribution in [0.15, 0.2) is 42.5 Å². The van der Waals surface area contributed by atoms with Gasteiger partial charge in [-0.1, -0.05) is 48.9 Å². The molecule has 2 aromatic rings. The second-order valence-corrected chi connectivity index (χ2v) is 6.60. The molecule has 1 atom stereocenters. The number of likely N-dealkylation sites (N-methyl/N-ethyl adjacent to an activating group) is 1. The highest BCUT2D eigenvalue weighted by Gasteiger charge is 2.16. The maximum Gasteiger partial charge on any atom is 0.251 e. The molecule has 3 heteroatoms. The molecule has 1 amide bonds. The highest BCUT2D eigenvalue weighted by molar-refractivity contribution is 5.95. The van der Waals surface area contributed by atoms with E-state index in [1.54, 1.807) is 0 Å². The molecular formula is C21H28N2O. The van der Waals surface area contributed by atoms with Gasteiger partial charge in [-0.25, -0.2) is 0 Å². The summed E-state index contributed by atoms with van der Waals surface area (Å²) in [4.78, 5) is 14.6. The van der Waals surface area contributed by atoms with Crippen molar-refractivity contribution in [1.82, 2.24) is 10.2 Å². The third-order valence-corrected chi connectivity index (χ3v) is 4.48. The molecule has 2 rings (SSSR count). The number of carbonyl (C=O) groups excluding carboxylic acids is 1. The average molecular weight is 324 g/mol. The molecule has 1 unspecified atom stereocenters. The summed E-state index contributed by atoms with van der Waals surface area (Å²) in [5.41, 5.74) is 5.49. The van der Waals surface area contributed by atoms with Crippen LogP contribution in [0.4, 0.5) is 0 Å². The normalized spacial score (nSPS) is 12.2. The van der Waals surface area contributed by atoms with E-state index in [1.165, 1.54) is 16.7 Å². The molecule has 0 saturated heterocycles. The Morgan fingerprint density at radius 2 is 1.75 bits per heavy atom. The molecular weight excluding hydrogens is 296 g/mol. The molecule has 0 aromatic heterocycles. The van der Waals surface area contributed by atoms with Crippen molar-refractivity contribution in [3.8, 4) is 0 Å². The second kappa shape index (κ2) is 8.11. The Bertz CT molecular complexity index is 689. The van der Waals surface area contributed by atoms with Crippen molar-refractivity contribution in [2.24, 2.45) is 0 Å². The quantitative estimate of drug-likeness (QED) is 0.874. The molecule has 0 saturated carbocycles. The van der Waals surface area contributed by atoms with Crippen LogP contribution in [0.2, 0.25) is 0 Å². The third-order valence-electron chi connectivity index (χ3n) is 4.48. The zero-order chi connectivity index (χ0) is 17.7. The Morgan fingerprint density at radius 3 is 2.29 bits per heavy atom. The number of nitrogens with zero attached hydrogens (tertiary/aromatic N) is 1. The first kappa shape index (κ1) is 18.2. The van der Waals surface area contributed by atoms with Gasteiger partial charge in [-0.2, -0.15) is 0 Å². The predicted molar refractivity (Wildman–Crippen MR) is 100 cm³/mol. The summed E-state index contributed by atoms with van der Waals surface area (Å²) in [6, 6.07) is 14.7. The number of rotatable bonds is 6. The van der Waals surface area contributed by atoms with Crippen LogP contribution in [-0.2, 0) is 6.42 Å². The fourth-order valence-electron chi connectivity index (χ4n) is 2.93. The average Bonchev–Trinajstić information content (AvgIpc) is 2.55. The van der Waals surface area contributed by atoms with Gasteiger partial charge in [0.05, 0.1) is 6.04 Å². The topological polar surface area (TPSA) is 32.3 Å². The van der Waals surface area contributed by atoms with E-state index in [0.717, 1.165) is 17.5 Å². The molecule has 0 fully saturated rings. The van der Waals surface area contributed by atoms with Crippen molar-refractivity contribution < 1.29 is 4.79 Å². The molecule has 0 aliphatic carbocycles. The summed E-state index contributed by atoms with van der Waals surface area (Å²) in [6.45, 7) is 6.76. The Hall–Kier alpha value is -2.13. The molecule has 0 radical (unpaired) electrons. The lowest BCUT2D eigenvalue weighted by Gasteiger charge is -2.25. The van der Waals surface area contributed by atoms with E-state index in [2.05, 4.69) is 41.4 Å². The van der Waals surface area contributed by atoms with Crippen LogP contribution in [0.1, 0.15) is 45.6 Å². The summed E-state index contributed by atoms with van der Waals surface area (Å²) in [5.74, 6) is -0.00970. The first-order valence-electron chi connectivity index (χ1n) is 8.53. The number of nitrogens with one attached hydrogen (secondary N) is 1. The van der Waals surface area contributed by atoms with E-state index in [9.17, 15) is 4.79 Å². The lowest BCUT2D eigenvalue weighted by Crippen LogP contribution is -2.34. The van der Waals surface area contributed by atoms with Crippen LogP contribution in [-0.4, -0.2) is 31.4 Å². The largest absolute Gasteiger partial charge is 0.350 e. The van der Waals surface area contributed by atoms with E-state index in [1.807, 2.05) is 46.1 Å². The minimum Gasteiger partial charge on any atom is -0.350 e. The molecule has 0 aliphatic heterocycles. The molecule has 2 aromatic carbocycles. The van der Waals surface area contributed by atoms with Gasteiger partial charge in [-0.3, -0.25) is 4.79 Å². The van der Waals surface area contributed by atoms with Gasteiger partial charge in [-0.15, -0.1) is 0 Å². The molecule has 1 N–H and O–H groups in total. The summed E-state index contributed by atoms with van der Waals surface area (Å²) in [7, 11) is 4.09. The SMILES string of the molecule is CCc1ccc(C(CNC(=O)c2ccc(C)cc2C)N(C)C)cc1. The van der Waals surface area contributed by atoms with Gasteiger partial charge >= 0.3 is 0 Å². The molecule has 0 bridgehead atoms. The van der Waals surface area contributed by atoms with Gasteiger partial charge in [-0.05, 0) is 57.1 Å². The molecule has 0 spiro atoms. The van der Waals surface area contributed by atoms with E-state index in [-0.39, 0.29) is 11.9 Å². The number of aryl methyl sites for hydroxylation is 3. The molecule has 24 heavy (non-hydrogen) atoms. The summed E-state index contributed by atoms with van der Waals surface area (Å²) in [6.07, 6.45) is 1.04. The maximum atomic E-state index is 12.5. The number of hydrogen-bond donors (Lipinski definition) is 1. The van der Waals surface area contributed by atoms with E-state index < -0.39 is 0 Å². The number of hydrogen-bond acceptors (Lipinski definition) is 2. The first-order valence-corrected chi connectivity index (χ1v) is 8.53. The van der Waals surface area contributed by atoms with E-state index >= 15 is 0 Å². The van der Waals surface area contributed by atoms with Crippen molar-refractivity contribution in [3.05, 3.63) is 70.3 Å². The van der Waals surface area contributed by atoms with Crippen LogP contribution in [0.5, 0.6) is 0 Å². The summed E-state index contributed by atoms with van der Waals surface area (Å²) >= 11 is 0.